The van der Waals surface area contributed by atoms with Crippen LogP contribution in [0.3, 0.4) is 0 Å². The Morgan fingerprint density at radius 3 is 2.36 bits per heavy atom. The molecule has 7 heteroatoms. The maximum atomic E-state index is 12.9. The van der Waals surface area contributed by atoms with Crippen molar-refractivity contribution in [1.29, 1.82) is 0 Å². The lowest BCUT2D eigenvalue weighted by Gasteiger charge is -2.14. The van der Waals surface area contributed by atoms with Gasteiger partial charge in [-0.15, -0.1) is 0 Å². The van der Waals surface area contributed by atoms with Gasteiger partial charge in [0.1, 0.15) is 22.9 Å². The number of hydrogen-bond acceptors (Lipinski definition) is 5. The summed E-state index contributed by atoms with van der Waals surface area (Å²) in [6.45, 7) is 4.90. The van der Waals surface area contributed by atoms with Gasteiger partial charge in [0.05, 0.1) is 26.0 Å². The summed E-state index contributed by atoms with van der Waals surface area (Å²) in [6.07, 6.45) is 1.73. The molecule has 2 aromatic carbocycles. The molecule has 0 aliphatic carbocycles. The second kappa shape index (κ2) is 8.75. The third-order valence-corrected chi connectivity index (χ3v) is 4.39. The molecule has 0 aromatic heterocycles. The largest absolute Gasteiger partial charge is 0.497 e. The molecule has 146 valence electrons. The number of rotatable bonds is 7. The Morgan fingerprint density at radius 2 is 1.71 bits per heavy atom. The van der Waals surface area contributed by atoms with E-state index in [9.17, 15) is 4.79 Å². The number of ether oxygens (including phenoxy) is 3. The fraction of sp³-hybridized carbons (Fsp3) is 0.238. The number of carbonyl (C=O) groups excluding carboxylic acids is 1. The third-order valence-electron chi connectivity index (χ3n) is 4.10. The van der Waals surface area contributed by atoms with Crippen LogP contribution in [0.2, 0.25) is 0 Å². The lowest BCUT2D eigenvalue weighted by molar-refractivity contribution is -0.113. The maximum absolute atomic E-state index is 12.9. The highest BCUT2D eigenvalue weighted by atomic mass is 32.1. The summed E-state index contributed by atoms with van der Waals surface area (Å²) in [5, 5.41) is 3.31. The van der Waals surface area contributed by atoms with Crippen molar-refractivity contribution in [3.05, 3.63) is 53.7 Å². The van der Waals surface area contributed by atoms with Crippen LogP contribution >= 0.6 is 12.2 Å². The lowest BCUT2D eigenvalue weighted by atomic mass is 10.1. The monoisotopic (exact) mass is 398 g/mol. The first-order chi connectivity index (χ1) is 13.6. The molecule has 1 aliphatic rings. The minimum Gasteiger partial charge on any atom is -0.497 e. The molecular weight excluding hydrogens is 376 g/mol. The molecule has 1 heterocycles. The average Bonchev–Trinajstić information content (AvgIpc) is 2.97. The lowest BCUT2D eigenvalue weighted by Crippen LogP contribution is -2.30. The van der Waals surface area contributed by atoms with Gasteiger partial charge in [0.2, 0.25) is 0 Å². The Balaban J connectivity index is 1.90. The number of methoxy groups -OCH3 is 1. The molecule has 0 bridgehead atoms. The summed E-state index contributed by atoms with van der Waals surface area (Å²) in [5.41, 5.74) is 1.81. The normalized spacial score (nSPS) is 15.0. The van der Waals surface area contributed by atoms with Crippen LogP contribution in [0.5, 0.6) is 17.2 Å². The van der Waals surface area contributed by atoms with Gasteiger partial charge >= 0.3 is 0 Å². The van der Waals surface area contributed by atoms with E-state index in [4.69, 9.17) is 26.4 Å². The van der Waals surface area contributed by atoms with Crippen LogP contribution in [-0.4, -0.2) is 31.3 Å². The molecule has 0 saturated carbocycles. The molecule has 0 atom stereocenters. The quantitative estimate of drug-likeness (QED) is 0.566. The number of amides is 1. The van der Waals surface area contributed by atoms with Crippen molar-refractivity contribution >= 4 is 35.0 Å². The molecule has 1 amide bonds. The number of nitrogens with zero attached hydrogens (tertiary/aromatic N) is 1. The van der Waals surface area contributed by atoms with Crippen molar-refractivity contribution in [3.63, 3.8) is 0 Å². The van der Waals surface area contributed by atoms with E-state index in [1.165, 1.54) is 4.90 Å². The zero-order valence-corrected chi connectivity index (χ0v) is 16.8. The second-order valence-electron chi connectivity index (χ2n) is 5.89. The van der Waals surface area contributed by atoms with Crippen LogP contribution in [-0.2, 0) is 4.79 Å². The van der Waals surface area contributed by atoms with Gasteiger partial charge in [-0.2, -0.15) is 0 Å². The van der Waals surface area contributed by atoms with Crippen LogP contribution in [0.1, 0.15) is 19.4 Å². The van der Waals surface area contributed by atoms with Gasteiger partial charge in [0.15, 0.2) is 5.11 Å². The molecule has 2 aromatic rings. The Hall–Kier alpha value is -3.06. The van der Waals surface area contributed by atoms with Crippen molar-refractivity contribution in [2.45, 2.75) is 13.8 Å². The van der Waals surface area contributed by atoms with Crippen molar-refractivity contribution in [2.75, 3.05) is 25.2 Å². The van der Waals surface area contributed by atoms with E-state index in [1.807, 2.05) is 32.0 Å². The molecule has 1 N–H and O–H groups in total. The topological polar surface area (TPSA) is 60.0 Å². The molecular formula is C21H22N2O4S. The summed E-state index contributed by atoms with van der Waals surface area (Å²) >= 11 is 5.36. The molecule has 6 nitrogen and oxygen atoms in total. The molecule has 0 radical (unpaired) electrons. The number of benzene rings is 2. The summed E-state index contributed by atoms with van der Waals surface area (Å²) in [7, 11) is 1.59. The Labute approximate surface area is 169 Å². The standard InChI is InChI=1S/C21H22N2O4S/c1-4-26-17-9-6-14(19(13-17)27-5-2)12-18-20(24)23(21(28)22-18)15-7-10-16(25-3)11-8-15/h6-13H,4-5H2,1-3H3,(H,22,28). The summed E-state index contributed by atoms with van der Waals surface area (Å²) < 4.78 is 16.4. The van der Waals surface area contributed by atoms with Gasteiger partial charge in [0.25, 0.3) is 5.91 Å². The van der Waals surface area contributed by atoms with Crippen molar-refractivity contribution in [2.24, 2.45) is 0 Å². The van der Waals surface area contributed by atoms with Crippen LogP contribution in [0.15, 0.2) is 48.2 Å². The van der Waals surface area contributed by atoms with Crippen LogP contribution < -0.4 is 24.4 Å². The second-order valence-corrected chi connectivity index (χ2v) is 6.28. The highest BCUT2D eigenvalue weighted by molar-refractivity contribution is 7.80. The molecule has 0 unspecified atom stereocenters. The van der Waals surface area contributed by atoms with Gasteiger partial charge in [-0.1, -0.05) is 0 Å². The minimum atomic E-state index is -0.230. The van der Waals surface area contributed by atoms with Crippen molar-refractivity contribution < 1.29 is 19.0 Å². The van der Waals surface area contributed by atoms with Gasteiger partial charge in [-0.25, -0.2) is 0 Å². The molecule has 28 heavy (non-hydrogen) atoms. The number of carbonyl (C=O) groups is 1. The Morgan fingerprint density at radius 1 is 1.04 bits per heavy atom. The van der Waals surface area contributed by atoms with Gasteiger partial charge in [0, 0.05) is 11.6 Å². The van der Waals surface area contributed by atoms with E-state index >= 15 is 0 Å². The van der Waals surface area contributed by atoms with Crippen LogP contribution in [0.25, 0.3) is 6.08 Å². The highest BCUT2D eigenvalue weighted by Crippen LogP contribution is 2.29. The van der Waals surface area contributed by atoms with E-state index in [0.717, 1.165) is 5.56 Å². The SMILES string of the molecule is CCOc1ccc(C=C2NC(=S)N(c3ccc(OC)cc3)C2=O)c(OCC)c1. The van der Waals surface area contributed by atoms with Crippen LogP contribution in [0, 0.1) is 0 Å². The van der Waals surface area contributed by atoms with E-state index in [-0.39, 0.29) is 5.91 Å². The smallest absolute Gasteiger partial charge is 0.281 e. The number of hydrogen-bond donors (Lipinski definition) is 1. The zero-order valence-electron chi connectivity index (χ0n) is 16.0. The average molecular weight is 398 g/mol. The minimum absolute atomic E-state index is 0.230. The predicted molar refractivity (Wildman–Crippen MR) is 113 cm³/mol. The van der Waals surface area contributed by atoms with Crippen molar-refractivity contribution in [1.82, 2.24) is 5.32 Å². The van der Waals surface area contributed by atoms with Gasteiger partial charge in [-0.05, 0) is 68.5 Å². The third kappa shape index (κ3) is 4.09. The molecule has 1 saturated heterocycles. The molecule has 3 rings (SSSR count). The fourth-order valence-corrected chi connectivity index (χ4v) is 3.13. The number of nitrogens with one attached hydrogen (secondary N) is 1. The van der Waals surface area contributed by atoms with Gasteiger partial charge in [-0.3, -0.25) is 9.69 Å². The Kier molecular flexibility index (Phi) is 6.16. The zero-order chi connectivity index (χ0) is 20.1. The number of anilines is 1. The molecule has 1 fully saturated rings. The summed E-state index contributed by atoms with van der Waals surface area (Å²) in [6, 6.07) is 12.7. The fourth-order valence-electron chi connectivity index (χ4n) is 2.83. The first-order valence-corrected chi connectivity index (χ1v) is 9.39. The Bertz CT molecular complexity index is 909. The van der Waals surface area contributed by atoms with E-state index in [2.05, 4.69) is 5.32 Å². The predicted octanol–water partition coefficient (Wildman–Crippen LogP) is 3.75. The van der Waals surface area contributed by atoms with Gasteiger partial charge < -0.3 is 19.5 Å². The molecule has 0 spiro atoms. The highest BCUT2D eigenvalue weighted by Gasteiger charge is 2.32. The van der Waals surface area contributed by atoms with E-state index in [1.54, 1.807) is 37.5 Å². The van der Waals surface area contributed by atoms with E-state index < -0.39 is 0 Å². The van der Waals surface area contributed by atoms with Crippen molar-refractivity contribution in [3.8, 4) is 17.2 Å². The first kappa shape index (κ1) is 19.7. The van der Waals surface area contributed by atoms with E-state index in [0.29, 0.717) is 47.0 Å². The molecule has 1 aliphatic heterocycles. The first-order valence-electron chi connectivity index (χ1n) is 8.98. The van der Waals surface area contributed by atoms with Crippen LogP contribution in [0.4, 0.5) is 5.69 Å². The maximum Gasteiger partial charge on any atom is 0.281 e. The number of thiocarbonyl (C=S) groups is 1. The summed E-state index contributed by atoms with van der Waals surface area (Å²) in [4.78, 5) is 14.4. The summed E-state index contributed by atoms with van der Waals surface area (Å²) in [5.74, 6) is 1.84.